The molecule has 8 nitrogen and oxygen atoms in total. The molecule has 0 aliphatic carbocycles. The van der Waals surface area contributed by atoms with Crippen LogP contribution in [-0.2, 0) is 11.2 Å². The van der Waals surface area contributed by atoms with Gasteiger partial charge >= 0.3 is 6.18 Å². The zero-order valence-electron chi connectivity index (χ0n) is 23.5. The molecule has 0 fully saturated rings. The Bertz CT molecular complexity index is 1530. The van der Waals surface area contributed by atoms with Crippen molar-refractivity contribution in [1.29, 1.82) is 0 Å². The van der Waals surface area contributed by atoms with Crippen LogP contribution >= 0.6 is 0 Å². The maximum Gasteiger partial charge on any atom is 0.406 e. The molecule has 12 heteroatoms. The second kappa shape index (κ2) is 11.4. The van der Waals surface area contributed by atoms with Gasteiger partial charge in [-0.1, -0.05) is 18.2 Å². The van der Waals surface area contributed by atoms with E-state index >= 15 is 0 Å². The monoisotopic (exact) mass is 586 g/mol. The number of ether oxygens (including phenoxy) is 3. The maximum atomic E-state index is 14.7. The van der Waals surface area contributed by atoms with E-state index in [0.717, 1.165) is 11.1 Å². The number of methoxy groups -OCH3 is 3. The molecule has 1 N–H and O–H groups in total. The van der Waals surface area contributed by atoms with E-state index in [0.29, 0.717) is 33.4 Å². The van der Waals surface area contributed by atoms with Crippen molar-refractivity contribution in [3.05, 3.63) is 77.7 Å². The van der Waals surface area contributed by atoms with Crippen molar-refractivity contribution in [1.82, 2.24) is 15.6 Å². The third kappa shape index (κ3) is 5.54. The second-order valence-electron chi connectivity index (χ2n) is 9.87. The summed E-state index contributed by atoms with van der Waals surface area (Å²) in [6, 6.07) is 13.9. The van der Waals surface area contributed by atoms with E-state index < -0.39 is 30.5 Å². The minimum Gasteiger partial charge on any atom is -0.496 e. The Kier molecular flexibility index (Phi) is 7.91. The first-order valence-corrected chi connectivity index (χ1v) is 13.1. The van der Waals surface area contributed by atoms with Crippen LogP contribution in [0, 0.1) is 5.82 Å². The zero-order chi connectivity index (χ0) is 30.2. The lowest BCUT2D eigenvalue weighted by atomic mass is 10.0. The molecule has 3 aromatic carbocycles. The summed E-state index contributed by atoms with van der Waals surface area (Å²) in [5.41, 5.74) is 6.13. The van der Waals surface area contributed by atoms with Gasteiger partial charge in [0.05, 0.1) is 32.7 Å². The Balaban J connectivity index is 1.47. The summed E-state index contributed by atoms with van der Waals surface area (Å²) >= 11 is 0. The Morgan fingerprint density at radius 2 is 1.62 bits per heavy atom. The molecule has 1 unspecified atom stereocenters. The average molecular weight is 587 g/mol. The quantitative estimate of drug-likeness (QED) is 0.373. The van der Waals surface area contributed by atoms with Crippen molar-refractivity contribution >= 4 is 17.3 Å². The lowest BCUT2D eigenvalue weighted by molar-refractivity contribution is -0.138. The first-order chi connectivity index (χ1) is 20.0. The number of hydrazine groups is 2. The number of carbonyl (C=O) groups is 1. The predicted molar refractivity (Wildman–Crippen MR) is 149 cm³/mol. The van der Waals surface area contributed by atoms with Crippen LogP contribution < -0.4 is 24.5 Å². The van der Waals surface area contributed by atoms with E-state index in [1.54, 1.807) is 45.7 Å². The molecule has 0 aromatic heterocycles. The summed E-state index contributed by atoms with van der Waals surface area (Å²) in [6.07, 6.45) is -2.81. The topological polar surface area (TPSA) is 66.5 Å². The Morgan fingerprint density at radius 1 is 0.929 bits per heavy atom. The molecule has 0 saturated heterocycles. The molecule has 2 aliphatic rings. The van der Waals surface area contributed by atoms with Gasteiger partial charge in [-0.05, 0) is 54.8 Å². The molecule has 222 valence electrons. The van der Waals surface area contributed by atoms with Crippen LogP contribution in [-0.4, -0.2) is 63.2 Å². The van der Waals surface area contributed by atoms with E-state index in [9.17, 15) is 22.4 Å². The molecule has 3 aromatic rings. The van der Waals surface area contributed by atoms with Crippen molar-refractivity contribution in [2.24, 2.45) is 0 Å². The number of halogens is 4. The fourth-order valence-electron chi connectivity index (χ4n) is 5.36. The Hall–Kier alpha value is -4.45. The second-order valence-corrected chi connectivity index (χ2v) is 9.87. The first kappa shape index (κ1) is 29.1. The van der Waals surface area contributed by atoms with Crippen LogP contribution in [0.3, 0.4) is 0 Å². The van der Waals surface area contributed by atoms with E-state index in [-0.39, 0.29) is 24.1 Å². The minimum atomic E-state index is -4.67. The van der Waals surface area contributed by atoms with Crippen LogP contribution in [0.5, 0.6) is 17.2 Å². The highest BCUT2D eigenvalue weighted by Crippen LogP contribution is 2.39. The average Bonchev–Trinajstić information content (AvgIpc) is 3.30. The number of benzene rings is 3. The van der Waals surface area contributed by atoms with Gasteiger partial charge in [-0.3, -0.25) is 15.2 Å². The summed E-state index contributed by atoms with van der Waals surface area (Å²) in [7, 11) is 6.31. The number of nitrogens with one attached hydrogen (secondary N) is 1. The number of hydrogen-bond acceptors (Lipinski definition) is 7. The molecule has 0 spiro atoms. The van der Waals surface area contributed by atoms with Crippen molar-refractivity contribution in [2.75, 3.05) is 39.8 Å². The minimum absolute atomic E-state index is 0.0608. The lowest BCUT2D eigenvalue weighted by Gasteiger charge is -2.34. The molecule has 5 rings (SSSR count). The Labute approximate surface area is 240 Å². The largest absolute Gasteiger partial charge is 0.496 e. The van der Waals surface area contributed by atoms with Gasteiger partial charge in [-0.2, -0.15) is 13.2 Å². The van der Waals surface area contributed by atoms with Crippen molar-refractivity contribution in [3.63, 3.8) is 0 Å². The first-order valence-electron chi connectivity index (χ1n) is 13.1. The van der Waals surface area contributed by atoms with Crippen molar-refractivity contribution in [2.45, 2.75) is 25.1 Å². The van der Waals surface area contributed by atoms with E-state index in [1.165, 1.54) is 23.3 Å². The Morgan fingerprint density at radius 3 is 2.31 bits per heavy atom. The molecular formula is C30H30F4N4O4. The van der Waals surface area contributed by atoms with Gasteiger partial charge in [-0.25, -0.2) is 4.39 Å². The molecule has 1 atom stereocenters. The van der Waals surface area contributed by atoms with Crippen LogP contribution in [0.25, 0.3) is 16.8 Å². The van der Waals surface area contributed by atoms with Crippen molar-refractivity contribution in [3.8, 4) is 28.4 Å². The number of amides is 1. The highest BCUT2D eigenvalue weighted by molar-refractivity contribution is 5.99. The summed E-state index contributed by atoms with van der Waals surface area (Å²) < 4.78 is 71.8. The summed E-state index contributed by atoms with van der Waals surface area (Å²) in [5.74, 6) is 0.306. The fraction of sp³-hybridized carbons (Fsp3) is 0.300. The number of carbonyl (C=O) groups excluding carboxylic acids is 1. The molecule has 2 aliphatic heterocycles. The maximum absolute atomic E-state index is 14.7. The molecule has 0 radical (unpaired) electrons. The molecule has 0 bridgehead atoms. The number of rotatable bonds is 7. The highest BCUT2D eigenvalue weighted by Gasteiger charge is 2.42. The molecule has 42 heavy (non-hydrogen) atoms. The van der Waals surface area contributed by atoms with Gasteiger partial charge in [0.2, 0.25) is 0 Å². The van der Waals surface area contributed by atoms with Gasteiger partial charge in [0.15, 0.2) is 11.5 Å². The molecular weight excluding hydrogens is 556 g/mol. The number of alkyl halides is 3. The van der Waals surface area contributed by atoms with Crippen LogP contribution in [0.1, 0.15) is 17.5 Å². The van der Waals surface area contributed by atoms with Gasteiger partial charge in [0, 0.05) is 29.9 Å². The van der Waals surface area contributed by atoms with Gasteiger partial charge in [-0.15, -0.1) is 5.12 Å². The van der Waals surface area contributed by atoms with Crippen LogP contribution in [0.2, 0.25) is 0 Å². The summed E-state index contributed by atoms with van der Waals surface area (Å²) in [5, 5.41) is 3.07. The third-order valence-corrected chi connectivity index (χ3v) is 7.36. The van der Waals surface area contributed by atoms with Crippen molar-refractivity contribution < 1.29 is 36.6 Å². The fourth-order valence-corrected chi connectivity index (χ4v) is 5.36. The lowest BCUT2D eigenvalue weighted by Crippen LogP contribution is -2.53. The van der Waals surface area contributed by atoms with Crippen LogP contribution in [0.4, 0.5) is 23.2 Å². The van der Waals surface area contributed by atoms with E-state index in [4.69, 9.17) is 14.2 Å². The summed E-state index contributed by atoms with van der Waals surface area (Å²) in [6.45, 7) is -1.52. The molecule has 0 saturated carbocycles. The van der Waals surface area contributed by atoms with E-state index in [1.807, 2.05) is 30.3 Å². The standard InChI is InChI=1S/C30H30F4N4O4/c1-36-35-23(19-8-10-20(27(15-19)41-3)18-9-13-26(40-2)28(14-18)42-4)16-38(36)25-12-11-21-22(31)6-5-7-24(21)37(29(25)39)17-30(32,33)34/h5-10,13-16,25,35H,11-12,17H2,1-4H3. The number of nitrogens with zero attached hydrogens (tertiary/aromatic N) is 3. The number of anilines is 1. The number of hydrogen-bond donors (Lipinski definition) is 1. The zero-order valence-corrected chi connectivity index (χ0v) is 23.5. The normalized spacial score (nSPS) is 17.4. The molecule has 1 amide bonds. The van der Waals surface area contributed by atoms with Crippen LogP contribution in [0.15, 0.2) is 60.8 Å². The third-order valence-electron chi connectivity index (χ3n) is 7.36. The van der Waals surface area contributed by atoms with E-state index in [2.05, 4.69) is 5.43 Å². The number of fused-ring (bicyclic) bond motifs is 1. The van der Waals surface area contributed by atoms with Gasteiger partial charge in [0.1, 0.15) is 24.2 Å². The SMILES string of the molecule is COc1ccc(-c2ccc(C3=CN(C4CCc5c(F)cccc5N(CC(F)(F)F)C4=O)N(C)N3)cc2OC)cc1OC. The smallest absolute Gasteiger partial charge is 0.406 e. The summed E-state index contributed by atoms with van der Waals surface area (Å²) in [4.78, 5) is 14.2. The van der Waals surface area contributed by atoms with Gasteiger partial charge in [0.25, 0.3) is 5.91 Å². The highest BCUT2D eigenvalue weighted by atomic mass is 19.4. The predicted octanol–water partition coefficient (Wildman–Crippen LogP) is 5.39. The van der Waals surface area contributed by atoms with Gasteiger partial charge < -0.3 is 19.1 Å². The molecule has 2 heterocycles.